The van der Waals surface area contributed by atoms with Gasteiger partial charge in [-0.2, -0.15) is 0 Å². The molecule has 6 heteroatoms. The number of hydrogen-bond acceptors (Lipinski definition) is 5. The van der Waals surface area contributed by atoms with Gasteiger partial charge in [-0.1, -0.05) is 88.7 Å². The molecular formula is C33H20BrN5. The predicted octanol–water partition coefficient (Wildman–Crippen LogP) is 8.40. The predicted molar refractivity (Wildman–Crippen MR) is 160 cm³/mol. The van der Waals surface area contributed by atoms with E-state index in [1.807, 2.05) is 91.3 Å². The Labute approximate surface area is 233 Å². The smallest absolute Gasteiger partial charge is 0.164 e. The van der Waals surface area contributed by atoms with Crippen molar-refractivity contribution in [3.63, 3.8) is 0 Å². The first kappa shape index (κ1) is 23.3. The maximum absolute atomic E-state index is 4.92. The molecule has 0 aliphatic rings. The summed E-state index contributed by atoms with van der Waals surface area (Å²) >= 11 is 3.75. The van der Waals surface area contributed by atoms with Crippen molar-refractivity contribution in [1.29, 1.82) is 0 Å². The minimum atomic E-state index is 0.607. The molecule has 0 bridgehead atoms. The summed E-state index contributed by atoms with van der Waals surface area (Å²) in [7, 11) is 0. The summed E-state index contributed by atoms with van der Waals surface area (Å²) in [5.41, 5.74) is 6.64. The van der Waals surface area contributed by atoms with Crippen LogP contribution in [0.2, 0.25) is 0 Å². The van der Waals surface area contributed by atoms with Gasteiger partial charge in [0.1, 0.15) is 0 Å². The number of halogens is 1. The van der Waals surface area contributed by atoms with Crippen LogP contribution < -0.4 is 0 Å². The number of nitrogens with zero attached hydrogens (tertiary/aromatic N) is 5. The van der Waals surface area contributed by atoms with Gasteiger partial charge in [-0.25, -0.2) is 15.0 Å². The van der Waals surface area contributed by atoms with Gasteiger partial charge in [-0.15, -0.1) is 0 Å². The average Bonchev–Trinajstić information content (AvgIpc) is 3.01. The maximum Gasteiger partial charge on any atom is 0.164 e. The average molecular weight is 566 g/mol. The molecule has 5 nitrogen and oxygen atoms in total. The molecule has 7 rings (SSSR count). The SMILES string of the molecule is Brc1cc(-c2nc(-c3ccccc3)nc(-c3ccccc3)n2)cc(-c2cc3cccnc3c3ncccc23)c1. The highest BCUT2D eigenvalue weighted by Gasteiger charge is 2.16. The van der Waals surface area contributed by atoms with Crippen LogP contribution in [0, 0.1) is 0 Å². The Morgan fingerprint density at radius 2 is 1.03 bits per heavy atom. The summed E-state index contributed by atoms with van der Waals surface area (Å²) in [5.74, 6) is 1.87. The molecule has 184 valence electrons. The summed E-state index contributed by atoms with van der Waals surface area (Å²) in [5, 5.41) is 2.08. The summed E-state index contributed by atoms with van der Waals surface area (Å²) in [6.07, 6.45) is 3.62. The third-order valence-electron chi connectivity index (χ3n) is 6.63. The van der Waals surface area contributed by atoms with Crippen LogP contribution in [0.15, 0.2) is 126 Å². The lowest BCUT2D eigenvalue weighted by Crippen LogP contribution is -2.00. The zero-order chi connectivity index (χ0) is 26.2. The number of hydrogen-bond donors (Lipinski definition) is 0. The lowest BCUT2D eigenvalue weighted by molar-refractivity contribution is 1.07. The highest BCUT2D eigenvalue weighted by atomic mass is 79.9. The maximum atomic E-state index is 4.92. The molecule has 7 aromatic rings. The second kappa shape index (κ2) is 9.82. The Morgan fingerprint density at radius 1 is 0.462 bits per heavy atom. The molecule has 3 heterocycles. The van der Waals surface area contributed by atoms with Crippen molar-refractivity contribution < 1.29 is 0 Å². The van der Waals surface area contributed by atoms with E-state index < -0.39 is 0 Å². The Morgan fingerprint density at radius 3 is 1.69 bits per heavy atom. The summed E-state index contributed by atoms with van der Waals surface area (Å²) < 4.78 is 0.932. The molecule has 39 heavy (non-hydrogen) atoms. The van der Waals surface area contributed by atoms with Crippen LogP contribution in [-0.4, -0.2) is 24.9 Å². The summed E-state index contributed by atoms with van der Waals surface area (Å²) in [4.78, 5) is 24.0. The lowest BCUT2D eigenvalue weighted by atomic mass is 9.96. The van der Waals surface area contributed by atoms with Crippen molar-refractivity contribution in [3.05, 3.63) is 126 Å². The van der Waals surface area contributed by atoms with Gasteiger partial charge >= 0.3 is 0 Å². The first-order valence-electron chi connectivity index (χ1n) is 12.5. The van der Waals surface area contributed by atoms with Gasteiger partial charge in [0.25, 0.3) is 0 Å². The highest BCUT2D eigenvalue weighted by Crippen LogP contribution is 2.36. The number of benzene rings is 4. The molecule has 4 aromatic carbocycles. The molecule has 0 N–H and O–H groups in total. The van der Waals surface area contributed by atoms with Crippen LogP contribution in [0.1, 0.15) is 0 Å². The van der Waals surface area contributed by atoms with E-state index in [0.29, 0.717) is 17.5 Å². The van der Waals surface area contributed by atoms with Crippen LogP contribution in [0.5, 0.6) is 0 Å². The number of rotatable bonds is 4. The van der Waals surface area contributed by atoms with E-state index in [0.717, 1.165) is 54.1 Å². The van der Waals surface area contributed by atoms with Crippen molar-refractivity contribution in [1.82, 2.24) is 24.9 Å². The van der Waals surface area contributed by atoms with E-state index >= 15 is 0 Å². The Hall–Kier alpha value is -4.81. The van der Waals surface area contributed by atoms with Crippen molar-refractivity contribution in [3.8, 4) is 45.3 Å². The van der Waals surface area contributed by atoms with E-state index in [9.17, 15) is 0 Å². The van der Waals surface area contributed by atoms with Gasteiger partial charge in [-0.05, 0) is 47.5 Å². The Balaban J connectivity index is 1.45. The molecule has 0 saturated carbocycles. The normalized spacial score (nSPS) is 11.2. The molecule has 0 aliphatic carbocycles. The fourth-order valence-corrected chi connectivity index (χ4v) is 5.32. The van der Waals surface area contributed by atoms with Gasteiger partial charge in [-0.3, -0.25) is 9.97 Å². The standard InChI is InChI=1S/C33H20BrN5/c34-26-18-24(28-20-23-13-7-15-35-29(23)30-27(28)14-8-16-36-30)17-25(19-26)33-38-31(21-9-3-1-4-10-21)37-32(39-33)22-11-5-2-6-12-22/h1-20H. The van der Waals surface area contributed by atoms with E-state index in [2.05, 4.69) is 56.2 Å². The first-order chi connectivity index (χ1) is 19.2. The summed E-state index contributed by atoms with van der Waals surface area (Å²) in [6, 6.07) is 36.6. The van der Waals surface area contributed by atoms with Crippen LogP contribution in [-0.2, 0) is 0 Å². The molecule has 0 atom stereocenters. The van der Waals surface area contributed by atoms with Crippen LogP contribution in [0.4, 0.5) is 0 Å². The van der Waals surface area contributed by atoms with Crippen molar-refractivity contribution in [2.75, 3.05) is 0 Å². The monoisotopic (exact) mass is 565 g/mol. The molecule has 0 radical (unpaired) electrons. The topological polar surface area (TPSA) is 64.5 Å². The zero-order valence-corrected chi connectivity index (χ0v) is 22.2. The van der Waals surface area contributed by atoms with Crippen molar-refractivity contribution in [2.24, 2.45) is 0 Å². The molecule has 0 amide bonds. The number of fused-ring (bicyclic) bond motifs is 3. The molecule has 0 spiro atoms. The van der Waals surface area contributed by atoms with Crippen LogP contribution in [0.3, 0.4) is 0 Å². The van der Waals surface area contributed by atoms with Gasteiger partial charge in [0.05, 0.1) is 11.0 Å². The summed E-state index contributed by atoms with van der Waals surface area (Å²) in [6.45, 7) is 0. The Kier molecular flexibility index (Phi) is 5.87. The largest absolute Gasteiger partial charge is 0.254 e. The van der Waals surface area contributed by atoms with E-state index in [1.165, 1.54) is 0 Å². The van der Waals surface area contributed by atoms with Gasteiger partial charge in [0.2, 0.25) is 0 Å². The second-order valence-corrected chi connectivity index (χ2v) is 10.1. The van der Waals surface area contributed by atoms with Gasteiger partial charge < -0.3 is 0 Å². The van der Waals surface area contributed by atoms with E-state index in [1.54, 1.807) is 0 Å². The van der Waals surface area contributed by atoms with Crippen molar-refractivity contribution in [2.45, 2.75) is 0 Å². The molecule has 0 fully saturated rings. The fraction of sp³-hybridized carbons (Fsp3) is 0. The van der Waals surface area contributed by atoms with Crippen molar-refractivity contribution >= 4 is 37.7 Å². The number of aromatic nitrogens is 5. The minimum absolute atomic E-state index is 0.607. The van der Waals surface area contributed by atoms with Gasteiger partial charge in [0.15, 0.2) is 17.5 Å². The third kappa shape index (κ3) is 4.45. The van der Waals surface area contributed by atoms with Crippen LogP contribution >= 0.6 is 15.9 Å². The molecular weight excluding hydrogens is 546 g/mol. The fourth-order valence-electron chi connectivity index (χ4n) is 4.83. The van der Waals surface area contributed by atoms with E-state index in [4.69, 9.17) is 15.0 Å². The zero-order valence-electron chi connectivity index (χ0n) is 20.7. The quantitative estimate of drug-likeness (QED) is 0.200. The first-order valence-corrected chi connectivity index (χ1v) is 13.3. The third-order valence-corrected chi connectivity index (χ3v) is 7.09. The molecule has 3 aromatic heterocycles. The number of pyridine rings is 2. The van der Waals surface area contributed by atoms with Gasteiger partial charge in [0, 0.05) is 44.3 Å². The highest BCUT2D eigenvalue weighted by molar-refractivity contribution is 9.10. The van der Waals surface area contributed by atoms with Crippen LogP contribution in [0.25, 0.3) is 67.1 Å². The molecule has 0 aliphatic heterocycles. The minimum Gasteiger partial charge on any atom is -0.254 e. The second-order valence-electron chi connectivity index (χ2n) is 9.17. The molecule has 0 unspecified atom stereocenters. The molecule has 0 saturated heterocycles. The lowest BCUT2D eigenvalue weighted by Gasteiger charge is -2.12. The Bertz CT molecular complexity index is 1920. The van der Waals surface area contributed by atoms with E-state index in [-0.39, 0.29) is 0 Å².